The number of methoxy groups -OCH3 is 1. The Morgan fingerprint density at radius 1 is 1.41 bits per heavy atom. The van der Waals surface area contributed by atoms with E-state index in [4.69, 9.17) is 9.84 Å². The van der Waals surface area contributed by atoms with E-state index in [1.807, 2.05) is 11.8 Å². The quantitative estimate of drug-likeness (QED) is 0.636. The molecule has 2 rings (SSSR count). The second-order valence-corrected chi connectivity index (χ2v) is 7.94. The Morgan fingerprint density at radius 3 is 2.73 bits per heavy atom. The smallest absolute Gasteiger partial charge is 0.0704 e. The van der Waals surface area contributed by atoms with E-state index >= 15 is 0 Å². The average Bonchev–Trinajstić information content (AvgIpc) is 3.14. The fourth-order valence-corrected chi connectivity index (χ4v) is 4.15. The third-order valence-electron chi connectivity index (χ3n) is 4.01. The minimum Gasteiger partial charge on any atom is -0.382 e. The molecule has 0 amide bonds. The summed E-state index contributed by atoms with van der Waals surface area (Å²) >= 11 is 2.02. The van der Waals surface area contributed by atoms with Crippen LogP contribution in [0.2, 0.25) is 0 Å². The van der Waals surface area contributed by atoms with E-state index in [2.05, 4.69) is 51.5 Å². The van der Waals surface area contributed by atoms with Crippen molar-refractivity contribution in [2.24, 2.45) is 5.10 Å². The fraction of sp³-hybridized carbons (Fsp3) is 0.667. The summed E-state index contributed by atoms with van der Waals surface area (Å²) in [4.78, 5) is 0. The van der Waals surface area contributed by atoms with Gasteiger partial charge in [0.2, 0.25) is 0 Å². The fourth-order valence-electron chi connectivity index (χ4n) is 2.99. The second-order valence-electron chi connectivity index (χ2n) is 6.16. The van der Waals surface area contributed by atoms with Crippen LogP contribution in [0.15, 0.2) is 5.10 Å². The van der Waals surface area contributed by atoms with E-state index in [1.165, 1.54) is 24.5 Å². The van der Waals surface area contributed by atoms with Crippen LogP contribution < -0.4 is 0 Å². The summed E-state index contributed by atoms with van der Waals surface area (Å²) in [5, 5.41) is 8.41. The maximum atomic E-state index is 5.36. The normalized spacial score (nSPS) is 25.4. The number of hydrogen-bond acceptors (Lipinski definition) is 4. The van der Waals surface area contributed by atoms with Gasteiger partial charge in [-0.05, 0) is 50.2 Å². The molecule has 0 aromatic carbocycles. The van der Waals surface area contributed by atoms with Gasteiger partial charge in [0.25, 0.3) is 0 Å². The highest BCUT2D eigenvalue weighted by Crippen LogP contribution is 2.33. The van der Waals surface area contributed by atoms with Gasteiger partial charge in [0.1, 0.15) is 0 Å². The van der Waals surface area contributed by atoms with Gasteiger partial charge in [-0.15, -0.1) is 11.8 Å². The van der Waals surface area contributed by atoms with E-state index < -0.39 is 0 Å². The molecule has 3 nitrogen and oxygen atoms in total. The highest BCUT2D eigenvalue weighted by molar-refractivity contribution is 8.01. The highest BCUT2D eigenvalue weighted by Gasteiger charge is 2.31. The van der Waals surface area contributed by atoms with Crippen LogP contribution in [0.1, 0.15) is 40.0 Å². The number of nitrogens with zero attached hydrogens (tertiary/aromatic N) is 2. The van der Waals surface area contributed by atoms with E-state index in [0.717, 1.165) is 19.6 Å². The summed E-state index contributed by atoms with van der Waals surface area (Å²) in [5.74, 6) is 1.27. The van der Waals surface area contributed by atoms with Crippen molar-refractivity contribution in [3.05, 3.63) is 31.6 Å². The van der Waals surface area contributed by atoms with Crippen LogP contribution in [-0.2, 0) is 4.74 Å². The van der Waals surface area contributed by atoms with Crippen molar-refractivity contribution >= 4 is 17.5 Å². The Morgan fingerprint density at radius 2 is 2.14 bits per heavy atom. The van der Waals surface area contributed by atoms with Crippen LogP contribution in [0.3, 0.4) is 0 Å². The molecule has 4 heteroatoms. The lowest BCUT2D eigenvalue weighted by atomic mass is 9.98. The molecule has 123 valence electrons. The van der Waals surface area contributed by atoms with Crippen LogP contribution in [0.4, 0.5) is 0 Å². The van der Waals surface area contributed by atoms with Crippen LogP contribution in [0, 0.1) is 31.6 Å². The zero-order valence-corrected chi connectivity index (χ0v) is 15.1. The molecule has 0 spiro atoms. The molecule has 1 aliphatic heterocycles. The first kappa shape index (κ1) is 18.1. The van der Waals surface area contributed by atoms with E-state index in [1.54, 1.807) is 7.11 Å². The average molecular weight is 322 g/mol. The van der Waals surface area contributed by atoms with Crippen molar-refractivity contribution in [1.29, 1.82) is 0 Å². The van der Waals surface area contributed by atoms with Gasteiger partial charge in [0.15, 0.2) is 0 Å². The number of thioether (sulfide) groups is 1. The molecule has 0 unspecified atom stereocenters. The molecule has 2 fully saturated rings. The Kier molecular flexibility index (Phi) is 7.55. The predicted octanol–water partition coefficient (Wildman–Crippen LogP) is 3.78. The van der Waals surface area contributed by atoms with Crippen LogP contribution in [0.5, 0.6) is 0 Å². The molecule has 2 aliphatic rings. The van der Waals surface area contributed by atoms with Crippen molar-refractivity contribution < 1.29 is 4.74 Å². The molecule has 1 heterocycles. The third-order valence-corrected chi connectivity index (χ3v) is 5.44. The maximum absolute atomic E-state index is 5.36. The van der Waals surface area contributed by atoms with Crippen molar-refractivity contribution in [1.82, 2.24) is 5.01 Å². The summed E-state index contributed by atoms with van der Waals surface area (Å²) in [6.45, 7) is 8.60. The molecule has 0 aromatic heterocycles. The predicted molar refractivity (Wildman–Crippen MR) is 96.3 cm³/mol. The SMILES string of the molecule is CC[C@@H](SC(C)C)/C(=N\N1CCC[C@H]1COC)[C]1[CH][CH][CH][CH]1. The molecule has 1 saturated heterocycles. The first-order chi connectivity index (χ1) is 10.7. The molecule has 5 radical (unpaired) electrons. The summed E-state index contributed by atoms with van der Waals surface area (Å²) in [5.41, 5.74) is 1.23. The summed E-state index contributed by atoms with van der Waals surface area (Å²) in [7, 11) is 1.78. The molecular weight excluding hydrogens is 292 g/mol. The molecule has 2 atom stereocenters. The van der Waals surface area contributed by atoms with Gasteiger partial charge in [-0.1, -0.05) is 20.8 Å². The standard InChI is InChI=1S/C18H29N2OS/c1-5-17(22-14(2)3)18(15-9-6-7-10-15)19-20-12-8-11-16(20)13-21-4/h6-7,9-10,14,16-17H,5,8,11-13H2,1-4H3/b19-18-/t16-,17+/m0/s1. The van der Waals surface area contributed by atoms with E-state index in [-0.39, 0.29) is 0 Å². The zero-order chi connectivity index (χ0) is 15.9. The van der Waals surface area contributed by atoms with E-state index in [9.17, 15) is 0 Å². The Labute approximate surface area is 141 Å². The van der Waals surface area contributed by atoms with Crippen LogP contribution >= 0.6 is 11.8 Å². The summed E-state index contributed by atoms with van der Waals surface area (Å²) in [6, 6.07) is 0.427. The molecule has 0 bridgehead atoms. The van der Waals surface area contributed by atoms with Gasteiger partial charge in [0.05, 0.1) is 18.4 Å². The summed E-state index contributed by atoms with van der Waals surface area (Å²) in [6.07, 6.45) is 12.1. The largest absolute Gasteiger partial charge is 0.382 e. The minimum atomic E-state index is 0.427. The van der Waals surface area contributed by atoms with Gasteiger partial charge < -0.3 is 4.74 Å². The van der Waals surface area contributed by atoms with Crippen molar-refractivity contribution in [2.45, 2.75) is 56.6 Å². The Balaban J connectivity index is 2.16. The maximum Gasteiger partial charge on any atom is 0.0704 e. The Hall–Kier alpha value is -0.220. The summed E-state index contributed by atoms with van der Waals surface area (Å²) < 4.78 is 5.36. The van der Waals surface area contributed by atoms with Crippen molar-refractivity contribution in [2.75, 3.05) is 20.3 Å². The third kappa shape index (κ3) is 4.89. The zero-order valence-electron chi connectivity index (χ0n) is 14.3. The first-order valence-corrected chi connectivity index (χ1v) is 9.31. The molecule has 0 aromatic rings. The topological polar surface area (TPSA) is 24.8 Å². The number of rotatable bonds is 8. The molecule has 1 aliphatic carbocycles. The number of ether oxygens (including phenoxy) is 1. The molecule has 0 N–H and O–H groups in total. The lowest BCUT2D eigenvalue weighted by molar-refractivity contribution is 0.118. The molecule has 1 saturated carbocycles. The second kappa shape index (κ2) is 9.17. The minimum absolute atomic E-state index is 0.427. The van der Waals surface area contributed by atoms with Gasteiger partial charge in [-0.2, -0.15) is 5.10 Å². The van der Waals surface area contributed by atoms with E-state index in [0.29, 0.717) is 16.5 Å². The lowest BCUT2D eigenvalue weighted by Gasteiger charge is -2.28. The van der Waals surface area contributed by atoms with Gasteiger partial charge >= 0.3 is 0 Å². The lowest BCUT2D eigenvalue weighted by Crippen LogP contribution is -2.33. The molecular formula is C18H29N2OS. The van der Waals surface area contributed by atoms with Crippen LogP contribution in [-0.4, -0.2) is 47.5 Å². The van der Waals surface area contributed by atoms with Gasteiger partial charge in [-0.3, -0.25) is 5.01 Å². The highest BCUT2D eigenvalue weighted by atomic mass is 32.2. The van der Waals surface area contributed by atoms with Crippen molar-refractivity contribution in [3.8, 4) is 0 Å². The first-order valence-electron chi connectivity index (χ1n) is 8.37. The Bertz CT molecular complexity index is 353. The van der Waals surface area contributed by atoms with Crippen molar-refractivity contribution in [3.63, 3.8) is 0 Å². The number of hydrazone groups is 1. The van der Waals surface area contributed by atoms with Gasteiger partial charge in [-0.25, -0.2) is 0 Å². The molecule has 22 heavy (non-hydrogen) atoms. The number of hydrogen-bond donors (Lipinski definition) is 0. The van der Waals surface area contributed by atoms with Gasteiger partial charge in [0, 0.05) is 24.8 Å². The van der Waals surface area contributed by atoms with Crippen LogP contribution in [0.25, 0.3) is 0 Å². The monoisotopic (exact) mass is 321 g/mol.